The van der Waals surface area contributed by atoms with E-state index >= 15 is 0 Å². The lowest BCUT2D eigenvalue weighted by Crippen LogP contribution is -2.28. The molecule has 110 valence electrons. The number of fused-ring (bicyclic) bond motifs is 1. The molecule has 1 saturated heterocycles. The zero-order valence-corrected chi connectivity index (χ0v) is 11.4. The van der Waals surface area contributed by atoms with Crippen LogP contribution in [0.5, 0.6) is 0 Å². The van der Waals surface area contributed by atoms with E-state index in [4.69, 9.17) is 4.74 Å². The van der Waals surface area contributed by atoms with Crippen molar-refractivity contribution in [2.45, 2.75) is 0 Å². The number of benzene rings is 1. The van der Waals surface area contributed by atoms with Crippen LogP contribution in [0.25, 0.3) is 16.7 Å². The van der Waals surface area contributed by atoms with E-state index in [-0.39, 0.29) is 18.1 Å². The number of ether oxygens (including phenoxy) is 1. The van der Waals surface area contributed by atoms with Gasteiger partial charge in [0.05, 0.1) is 18.4 Å². The van der Waals surface area contributed by atoms with E-state index in [1.807, 2.05) is 30.3 Å². The first-order valence-electron chi connectivity index (χ1n) is 6.72. The number of aromatic nitrogens is 4. The lowest BCUT2D eigenvalue weighted by Gasteiger charge is -2.11. The van der Waals surface area contributed by atoms with Crippen molar-refractivity contribution in [2.24, 2.45) is 0 Å². The number of amides is 1. The number of carbonyl (C=O) groups is 1. The number of cyclic esters (lactones) is 1. The van der Waals surface area contributed by atoms with Crippen molar-refractivity contribution in [3.63, 3.8) is 0 Å². The van der Waals surface area contributed by atoms with Gasteiger partial charge in [-0.2, -0.15) is 10.1 Å². The van der Waals surface area contributed by atoms with Gasteiger partial charge in [-0.3, -0.25) is 9.78 Å². The average Bonchev–Trinajstić information content (AvgIpc) is 3.14. The number of rotatable bonds is 2. The predicted molar refractivity (Wildman–Crippen MR) is 78.2 cm³/mol. The second kappa shape index (κ2) is 4.69. The van der Waals surface area contributed by atoms with E-state index < -0.39 is 6.09 Å². The summed E-state index contributed by atoms with van der Waals surface area (Å²) in [5.41, 5.74) is 0.831. The minimum Gasteiger partial charge on any atom is -0.447 e. The largest absolute Gasteiger partial charge is 0.447 e. The normalized spacial score (nSPS) is 14.5. The topological polar surface area (TPSA) is 93.1 Å². The van der Waals surface area contributed by atoms with Gasteiger partial charge in [0.25, 0.3) is 5.56 Å². The summed E-state index contributed by atoms with van der Waals surface area (Å²) in [7, 11) is 0. The van der Waals surface area contributed by atoms with E-state index in [1.54, 1.807) is 4.68 Å². The van der Waals surface area contributed by atoms with Gasteiger partial charge < -0.3 is 4.74 Å². The fraction of sp³-hybridized carbons (Fsp3) is 0.143. The maximum absolute atomic E-state index is 12.2. The van der Waals surface area contributed by atoms with E-state index in [0.29, 0.717) is 17.6 Å². The summed E-state index contributed by atoms with van der Waals surface area (Å²) in [4.78, 5) is 32.1. The SMILES string of the molecule is O=C1OCCN1c1nc2c(cnn2-c2ccccc2)c(=O)[nH]1. The lowest BCUT2D eigenvalue weighted by molar-refractivity contribution is 0.181. The smallest absolute Gasteiger partial charge is 0.416 e. The third-order valence-electron chi connectivity index (χ3n) is 3.44. The van der Waals surface area contributed by atoms with Crippen molar-refractivity contribution >= 4 is 23.1 Å². The molecule has 0 bridgehead atoms. The van der Waals surface area contributed by atoms with Gasteiger partial charge in [0.15, 0.2) is 5.65 Å². The Bertz CT molecular complexity index is 915. The van der Waals surface area contributed by atoms with E-state index in [9.17, 15) is 9.59 Å². The van der Waals surface area contributed by atoms with Gasteiger partial charge in [0.2, 0.25) is 5.95 Å². The third-order valence-corrected chi connectivity index (χ3v) is 3.44. The molecule has 3 aromatic rings. The second-order valence-corrected chi connectivity index (χ2v) is 4.78. The molecule has 1 aliphatic rings. The Morgan fingerprint density at radius 1 is 1.18 bits per heavy atom. The quantitative estimate of drug-likeness (QED) is 0.763. The van der Waals surface area contributed by atoms with Crippen LogP contribution < -0.4 is 10.5 Å². The van der Waals surface area contributed by atoms with Crippen molar-refractivity contribution < 1.29 is 9.53 Å². The third kappa shape index (κ3) is 1.85. The van der Waals surface area contributed by atoms with Gasteiger partial charge in [0.1, 0.15) is 12.0 Å². The van der Waals surface area contributed by atoms with Crippen LogP contribution in [0.4, 0.5) is 10.7 Å². The van der Waals surface area contributed by atoms with Gasteiger partial charge in [0, 0.05) is 0 Å². The van der Waals surface area contributed by atoms with Crippen LogP contribution in [0.15, 0.2) is 41.3 Å². The Kier molecular flexibility index (Phi) is 2.68. The summed E-state index contributed by atoms with van der Waals surface area (Å²) >= 11 is 0. The number of H-pyrrole nitrogens is 1. The lowest BCUT2D eigenvalue weighted by atomic mass is 10.3. The molecule has 0 aliphatic carbocycles. The highest BCUT2D eigenvalue weighted by atomic mass is 16.6. The monoisotopic (exact) mass is 297 g/mol. The van der Waals surface area contributed by atoms with Gasteiger partial charge in [-0.1, -0.05) is 18.2 Å². The molecule has 1 amide bonds. The predicted octanol–water partition coefficient (Wildman–Crippen LogP) is 1.07. The Hall–Kier alpha value is -3.16. The molecule has 0 unspecified atom stereocenters. The van der Waals surface area contributed by atoms with E-state index in [2.05, 4.69) is 15.1 Å². The molecule has 0 radical (unpaired) electrons. The minimum absolute atomic E-state index is 0.165. The minimum atomic E-state index is -0.520. The molecule has 22 heavy (non-hydrogen) atoms. The Labute approximate surface area is 124 Å². The summed E-state index contributed by atoms with van der Waals surface area (Å²) in [5, 5.41) is 4.57. The number of nitrogens with zero attached hydrogens (tertiary/aromatic N) is 4. The van der Waals surface area contributed by atoms with Crippen LogP contribution in [0.1, 0.15) is 0 Å². The number of hydrogen-bond donors (Lipinski definition) is 1. The van der Waals surface area contributed by atoms with Gasteiger partial charge in [-0.05, 0) is 12.1 Å². The molecule has 1 N–H and O–H groups in total. The van der Waals surface area contributed by atoms with E-state index in [1.165, 1.54) is 11.1 Å². The number of para-hydroxylation sites is 1. The molecule has 2 aromatic heterocycles. The first kappa shape index (κ1) is 12.6. The highest BCUT2D eigenvalue weighted by molar-refractivity contribution is 5.88. The van der Waals surface area contributed by atoms with Crippen molar-refractivity contribution in [3.8, 4) is 5.69 Å². The van der Waals surface area contributed by atoms with Gasteiger partial charge in [-0.15, -0.1) is 0 Å². The summed E-state index contributed by atoms with van der Waals surface area (Å²) in [6.07, 6.45) is 0.938. The molecule has 1 fully saturated rings. The summed E-state index contributed by atoms with van der Waals surface area (Å²) in [5.74, 6) is 0.165. The molecule has 8 heteroatoms. The first-order chi connectivity index (χ1) is 10.7. The van der Waals surface area contributed by atoms with Crippen LogP contribution in [0, 0.1) is 0 Å². The molecular formula is C14H11N5O3. The number of hydrogen-bond acceptors (Lipinski definition) is 5. The maximum Gasteiger partial charge on any atom is 0.416 e. The second-order valence-electron chi connectivity index (χ2n) is 4.78. The van der Waals surface area contributed by atoms with E-state index in [0.717, 1.165) is 5.69 Å². The van der Waals surface area contributed by atoms with Gasteiger partial charge >= 0.3 is 6.09 Å². The molecule has 8 nitrogen and oxygen atoms in total. The van der Waals surface area contributed by atoms with Crippen molar-refractivity contribution in [3.05, 3.63) is 46.9 Å². The zero-order valence-electron chi connectivity index (χ0n) is 11.4. The number of carbonyl (C=O) groups excluding carboxylic acids is 1. The van der Waals surface area contributed by atoms with Crippen LogP contribution in [-0.2, 0) is 4.74 Å². The average molecular weight is 297 g/mol. The van der Waals surface area contributed by atoms with Gasteiger partial charge in [-0.25, -0.2) is 14.4 Å². The number of nitrogens with one attached hydrogen (secondary N) is 1. The number of aromatic amines is 1. The van der Waals surface area contributed by atoms with Crippen molar-refractivity contribution in [2.75, 3.05) is 18.1 Å². The zero-order chi connectivity index (χ0) is 15.1. The summed E-state index contributed by atoms with van der Waals surface area (Å²) in [6.45, 7) is 0.630. The first-order valence-corrected chi connectivity index (χ1v) is 6.72. The maximum atomic E-state index is 12.2. The summed E-state index contributed by atoms with van der Waals surface area (Å²) < 4.78 is 6.44. The Morgan fingerprint density at radius 2 is 2.00 bits per heavy atom. The molecule has 0 spiro atoms. The molecule has 0 saturated carbocycles. The highest BCUT2D eigenvalue weighted by Gasteiger charge is 2.26. The van der Waals surface area contributed by atoms with Crippen LogP contribution >= 0.6 is 0 Å². The Morgan fingerprint density at radius 3 is 2.73 bits per heavy atom. The molecule has 0 atom stereocenters. The molecule has 1 aliphatic heterocycles. The van der Waals surface area contributed by atoms with Crippen molar-refractivity contribution in [1.82, 2.24) is 19.7 Å². The van der Waals surface area contributed by atoms with Crippen molar-refractivity contribution in [1.29, 1.82) is 0 Å². The van der Waals surface area contributed by atoms with Crippen LogP contribution in [0.3, 0.4) is 0 Å². The molecule has 3 heterocycles. The fourth-order valence-corrected chi connectivity index (χ4v) is 2.38. The highest BCUT2D eigenvalue weighted by Crippen LogP contribution is 2.18. The van der Waals surface area contributed by atoms with Crippen LogP contribution in [0.2, 0.25) is 0 Å². The number of anilines is 1. The Balaban J connectivity index is 1.92. The molecule has 1 aromatic carbocycles. The molecule has 4 rings (SSSR count). The van der Waals surface area contributed by atoms with Crippen LogP contribution in [-0.4, -0.2) is 39.0 Å². The standard InChI is InChI=1S/C14H11N5O3/c20-12-10-8-15-19(9-4-2-1-3-5-9)11(10)16-13(17-12)18-6-7-22-14(18)21/h1-5,8H,6-7H2,(H,16,17,20). The fourth-order valence-electron chi connectivity index (χ4n) is 2.38. The molecular weight excluding hydrogens is 286 g/mol. The summed E-state index contributed by atoms with van der Waals surface area (Å²) in [6, 6.07) is 9.35.